The van der Waals surface area contributed by atoms with E-state index in [9.17, 15) is 4.39 Å². The van der Waals surface area contributed by atoms with Crippen LogP contribution in [0.15, 0.2) is 42.5 Å². The monoisotopic (exact) mass is 280 g/mol. The smallest absolute Gasteiger partial charge is 0.166 e. The SMILES string of the molecule is N#Cc1ccc(OCc2ccc(C#CCN)cc2)c(F)c1. The highest BCUT2D eigenvalue weighted by molar-refractivity contribution is 5.37. The maximum Gasteiger partial charge on any atom is 0.166 e. The lowest BCUT2D eigenvalue weighted by Crippen LogP contribution is -1.98. The van der Waals surface area contributed by atoms with Crippen molar-refractivity contribution >= 4 is 0 Å². The molecule has 0 saturated heterocycles. The van der Waals surface area contributed by atoms with E-state index in [0.717, 1.165) is 17.2 Å². The number of halogens is 1. The molecule has 21 heavy (non-hydrogen) atoms. The van der Waals surface area contributed by atoms with Crippen LogP contribution in [0.3, 0.4) is 0 Å². The molecule has 2 aromatic rings. The van der Waals surface area contributed by atoms with Crippen molar-refractivity contribution in [2.24, 2.45) is 5.73 Å². The fraction of sp³-hybridized carbons (Fsp3) is 0.118. The Morgan fingerprint density at radius 1 is 1.10 bits per heavy atom. The molecule has 2 aromatic carbocycles. The van der Waals surface area contributed by atoms with E-state index in [1.54, 1.807) is 0 Å². The van der Waals surface area contributed by atoms with E-state index in [4.69, 9.17) is 15.7 Å². The minimum absolute atomic E-state index is 0.126. The largest absolute Gasteiger partial charge is 0.486 e. The van der Waals surface area contributed by atoms with E-state index in [1.165, 1.54) is 12.1 Å². The summed E-state index contributed by atoms with van der Waals surface area (Å²) < 4.78 is 19.0. The van der Waals surface area contributed by atoms with E-state index < -0.39 is 5.82 Å². The molecule has 0 aliphatic heterocycles. The highest BCUT2D eigenvalue weighted by atomic mass is 19.1. The third kappa shape index (κ3) is 4.07. The molecule has 0 atom stereocenters. The van der Waals surface area contributed by atoms with Gasteiger partial charge in [-0.1, -0.05) is 24.0 Å². The Labute approximate surface area is 122 Å². The van der Waals surface area contributed by atoms with Crippen LogP contribution in [-0.2, 0) is 6.61 Å². The molecule has 0 spiro atoms. The molecule has 2 N–H and O–H groups in total. The van der Waals surface area contributed by atoms with E-state index >= 15 is 0 Å². The first-order valence-electron chi connectivity index (χ1n) is 6.33. The molecule has 0 radical (unpaired) electrons. The number of benzene rings is 2. The normalized spacial score (nSPS) is 9.38. The van der Waals surface area contributed by atoms with Crippen molar-refractivity contribution in [3.8, 4) is 23.7 Å². The number of hydrogen-bond donors (Lipinski definition) is 1. The van der Waals surface area contributed by atoms with Crippen LogP contribution in [0.4, 0.5) is 4.39 Å². The van der Waals surface area contributed by atoms with Crippen LogP contribution >= 0.6 is 0 Å². The summed E-state index contributed by atoms with van der Waals surface area (Å²) >= 11 is 0. The Hall–Kier alpha value is -2.82. The second-order valence-electron chi connectivity index (χ2n) is 4.25. The predicted molar refractivity (Wildman–Crippen MR) is 77.8 cm³/mol. The summed E-state index contributed by atoms with van der Waals surface area (Å²) in [5, 5.41) is 8.67. The number of nitrogens with two attached hydrogens (primary N) is 1. The summed E-state index contributed by atoms with van der Waals surface area (Å²) in [4.78, 5) is 0. The molecule has 0 unspecified atom stereocenters. The summed E-state index contributed by atoms with van der Waals surface area (Å²) in [5.41, 5.74) is 7.34. The molecule has 0 saturated carbocycles. The Kier molecular flexibility index (Phi) is 4.93. The van der Waals surface area contributed by atoms with Gasteiger partial charge in [-0.15, -0.1) is 0 Å². The fourth-order valence-corrected chi connectivity index (χ4v) is 1.69. The van der Waals surface area contributed by atoms with Gasteiger partial charge < -0.3 is 10.5 Å². The van der Waals surface area contributed by atoms with Crippen LogP contribution in [0.5, 0.6) is 5.75 Å². The van der Waals surface area contributed by atoms with Crippen LogP contribution in [-0.4, -0.2) is 6.54 Å². The zero-order chi connectivity index (χ0) is 15.1. The van der Waals surface area contributed by atoms with Gasteiger partial charge >= 0.3 is 0 Å². The van der Waals surface area contributed by atoms with Gasteiger partial charge in [-0.3, -0.25) is 0 Å². The molecule has 0 bridgehead atoms. The van der Waals surface area contributed by atoms with Gasteiger partial charge in [0.1, 0.15) is 6.61 Å². The summed E-state index contributed by atoms with van der Waals surface area (Å²) in [5.74, 6) is 5.28. The quantitative estimate of drug-likeness (QED) is 0.879. The number of hydrogen-bond acceptors (Lipinski definition) is 3. The molecule has 0 aliphatic rings. The van der Waals surface area contributed by atoms with E-state index in [0.29, 0.717) is 6.54 Å². The van der Waals surface area contributed by atoms with Crippen LogP contribution in [0, 0.1) is 29.0 Å². The molecule has 104 valence electrons. The first-order valence-corrected chi connectivity index (χ1v) is 6.33. The maximum atomic E-state index is 13.6. The van der Waals surface area contributed by atoms with Crippen LogP contribution < -0.4 is 10.5 Å². The molecular formula is C17H13FN2O. The summed E-state index contributed by atoms with van der Waals surface area (Å²) in [6.45, 7) is 0.566. The molecule has 0 aromatic heterocycles. The number of nitriles is 1. The first kappa shape index (κ1) is 14.6. The highest BCUT2D eigenvalue weighted by Gasteiger charge is 2.05. The van der Waals surface area contributed by atoms with Gasteiger partial charge in [0.2, 0.25) is 0 Å². The second kappa shape index (κ2) is 7.09. The molecule has 4 heteroatoms. The fourth-order valence-electron chi connectivity index (χ4n) is 1.69. The van der Waals surface area contributed by atoms with E-state index in [2.05, 4.69) is 11.8 Å². The Bertz CT molecular complexity index is 721. The van der Waals surface area contributed by atoms with Crippen molar-refractivity contribution in [1.82, 2.24) is 0 Å². The standard InChI is InChI=1S/C17H13FN2O/c18-16-10-15(11-20)7-8-17(16)21-12-14-5-3-13(4-6-14)2-1-9-19/h3-8,10H,9,12,19H2. The van der Waals surface area contributed by atoms with Crippen LogP contribution in [0.25, 0.3) is 0 Å². The molecule has 0 aliphatic carbocycles. The van der Waals surface area contributed by atoms with Gasteiger partial charge in [0, 0.05) is 5.56 Å². The van der Waals surface area contributed by atoms with Crippen LogP contribution in [0.2, 0.25) is 0 Å². The molecule has 3 nitrogen and oxygen atoms in total. The minimum atomic E-state index is -0.542. The predicted octanol–water partition coefficient (Wildman–Crippen LogP) is 2.59. The van der Waals surface area contributed by atoms with Gasteiger partial charge in [0.05, 0.1) is 18.2 Å². The lowest BCUT2D eigenvalue weighted by Gasteiger charge is -2.07. The van der Waals surface area contributed by atoms with Gasteiger partial charge in [-0.05, 0) is 35.9 Å². The topological polar surface area (TPSA) is 59.0 Å². The van der Waals surface area contributed by atoms with Crippen molar-refractivity contribution in [3.05, 3.63) is 65.0 Å². The van der Waals surface area contributed by atoms with Gasteiger partial charge in [0.15, 0.2) is 11.6 Å². The zero-order valence-corrected chi connectivity index (χ0v) is 11.3. The van der Waals surface area contributed by atoms with E-state index in [-0.39, 0.29) is 17.9 Å². The molecule has 2 rings (SSSR count). The van der Waals surface area contributed by atoms with Crippen molar-refractivity contribution in [1.29, 1.82) is 5.26 Å². The minimum Gasteiger partial charge on any atom is -0.486 e. The average Bonchev–Trinajstić information content (AvgIpc) is 2.52. The third-order valence-electron chi connectivity index (χ3n) is 2.74. The average molecular weight is 280 g/mol. The molecule has 0 heterocycles. The zero-order valence-electron chi connectivity index (χ0n) is 11.3. The first-order chi connectivity index (χ1) is 10.2. The number of ether oxygens (including phenoxy) is 1. The summed E-state index contributed by atoms with van der Waals surface area (Å²) in [7, 11) is 0. The summed E-state index contributed by atoms with van der Waals surface area (Å²) in [6.07, 6.45) is 0. The number of nitrogens with zero attached hydrogens (tertiary/aromatic N) is 1. The van der Waals surface area contributed by atoms with Gasteiger partial charge in [-0.25, -0.2) is 4.39 Å². The number of rotatable bonds is 3. The van der Waals surface area contributed by atoms with Crippen LogP contribution in [0.1, 0.15) is 16.7 Å². The van der Waals surface area contributed by atoms with Crippen molar-refractivity contribution < 1.29 is 9.13 Å². The van der Waals surface area contributed by atoms with Gasteiger partial charge in [0.25, 0.3) is 0 Å². The Morgan fingerprint density at radius 3 is 2.43 bits per heavy atom. The summed E-state index contributed by atoms with van der Waals surface area (Å²) in [6, 6.07) is 13.4. The van der Waals surface area contributed by atoms with Crippen molar-refractivity contribution in [2.75, 3.05) is 6.54 Å². The van der Waals surface area contributed by atoms with Crippen molar-refractivity contribution in [2.45, 2.75) is 6.61 Å². The maximum absolute atomic E-state index is 13.6. The second-order valence-corrected chi connectivity index (χ2v) is 4.25. The van der Waals surface area contributed by atoms with E-state index in [1.807, 2.05) is 30.3 Å². The molecule has 0 fully saturated rings. The van der Waals surface area contributed by atoms with Gasteiger partial charge in [-0.2, -0.15) is 5.26 Å². The Balaban J connectivity index is 2.01. The highest BCUT2D eigenvalue weighted by Crippen LogP contribution is 2.19. The molecular weight excluding hydrogens is 267 g/mol. The molecule has 0 amide bonds. The van der Waals surface area contributed by atoms with Crippen molar-refractivity contribution in [3.63, 3.8) is 0 Å². The lowest BCUT2D eigenvalue weighted by molar-refractivity contribution is 0.290. The lowest BCUT2D eigenvalue weighted by atomic mass is 10.1. The third-order valence-corrected chi connectivity index (χ3v) is 2.74. The Morgan fingerprint density at radius 2 is 1.81 bits per heavy atom.